The average Bonchev–Trinajstić information content (AvgIpc) is 3.29. The van der Waals surface area contributed by atoms with Gasteiger partial charge < -0.3 is 19.1 Å². The molecule has 3 aromatic rings. The molecule has 0 aliphatic rings. The molecule has 3 rings (SSSR count). The van der Waals surface area contributed by atoms with Gasteiger partial charge in [-0.25, -0.2) is 0 Å². The molecule has 0 radical (unpaired) electrons. The number of rotatable bonds is 13. The molecule has 2 amide bonds. The summed E-state index contributed by atoms with van der Waals surface area (Å²) in [5.74, 6) is -0.273. The van der Waals surface area contributed by atoms with E-state index in [2.05, 4.69) is 0 Å². The molecule has 6 nitrogen and oxygen atoms in total. The van der Waals surface area contributed by atoms with Crippen LogP contribution in [0.5, 0.6) is 0 Å². The molecule has 0 aliphatic heterocycles. The quantitative estimate of drug-likeness (QED) is 0.271. The van der Waals surface area contributed by atoms with Crippen molar-refractivity contribution in [3.05, 3.63) is 102 Å². The van der Waals surface area contributed by atoms with E-state index in [9.17, 15) is 9.59 Å². The Kier molecular flexibility index (Phi) is 10.3. The van der Waals surface area contributed by atoms with E-state index in [-0.39, 0.29) is 18.4 Å². The van der Waals surface area contributed by atoms with Gasteiger partial charge in [0.15, 0.2) is 0 Å². The van der Waals surface area contributed by atoms with Gasteiger partial charge in [0, 0.05) is 51.3 Å². The lowest BCUT2D eigenvalue weighted by molar-refractivity contribution is -0.139. The second-order valence-electron chi connectivity index (χ2n) is 8.40. The summed E-state index contributed by atoms with van der Waals surface area (Å²) in [5, 5.41) is 0. The van der Waals surface area contributed by atoms with Gasteiger partial charge in [-0.2, -0.15) is 0 Å². The van der Waals surface area contributed by atoms with Crippen LogP contribution in [-0.4, -0.2) is 52.5 Å². The standard InChI is InChI=1S/C29H35N3O3/c1-3-35-21-11-20-31(28(33)18-17-25-12-6-4-7-13-25)24-29(34)32(22-26-14-8-5-9-15-26)23-27-16-10-19-30(27)2/h4-10,12-19H,3,11,20-24H2,1-2H3/b18-17+. The molecule has 1 heterocycles. The predicted molar refractivity (Wildman–Crippen MR) is 139 cm³/mol. The Morgan fingerprint density at radius 3 is 2.29 bits per heavy atom. The van der Waals surface area contributed by atoms with E-state index in [1.807, 2.05) is 102 Å². The summed E-state index contributed by atoms with van der Waals surface area (Å²) in [6.07, 6.45) is 5.97. The first-order chi connectivity index (χ1) is 17.1. The lowest BCUT2D eigenvalue weighted by atomic mass is 10.2. The Morgan fingerprint density at radius 1 is 0.914 bits per heavy atom. The summed E-state index contributed by atoms with van der Waals surface area (Å²) in [4.78, 5) is 30.1. The van der Waals surface area contributed by atoms with Crippen molar-refractivity contribution in [1.29, 1.82) is 0 Å². The lowest BCUT2D eigenvalue weighted by Gasteiger charge is -2.27. The van der Waals surface area contributed by atoms with Crippen LogP contribution in [0.25, 0.3) is 6.08 Å². The van der Waals surface area contributed by atoms with E-state index in [0.29, 0.717) is 39.3 Å². The fourth-order valence-corrected chi connectivity index (χ4v) is 3.76. The van der Waals surface area contributed by atoms with Crippen molar-refractivity contribution in [3.63, 3.8) is 0 Å². The van der Waals surface area contributed by atoms with Gasteiger partial charge in [-0.1, -0.05) is 60.7 Å². The van der Waals surface area contributed by atoms with Gasteiger partial charge in [-0.05, 0) is 42.7 Å². The molecule has 0 fully saturated rings. The van der Waals surface area contributed by atoms with Gasteiger partial charge in [-0.3, -0.25) is 9.59 Å². The molecule has 0 N–H and O–H groups in total. The van der Waals surface area contributed by atoms with Crippen LogP contribution < -0.4 is 0 Å². The number of aromatic nitrogens is 1. The van der Waals surface area contributed by atoms with Gasteiger partial charge in [0.1, 0.15) is 6.54 Å². The maximum absolute atomic E-state index is 13.5. The number of carbonyl (C=O) groups is 2. The maximum atomic E-state index is 13.5. The third-order valence-electron chi connectivity index (χ3n) is 5.75. The van der Waals surface area contributed by atoms with E-state index < -0.39 is 0 Å². The normalized spacial score (nSPS) is 11.0. The summed E-state index contributed by atoms with van der Waals surface area (Å²) in [7, 11) is 1.97. The SMILES string of the molecule is CCOCCCN(CC(=O)N(Cc1ccccc1)Cc1cccn1C)C(=O)/C=C/c1ccccc1. The van der Waals surface area contributed by atoms with Crippen LogP contribution in [0.2, 0.25) is 0 Å². The van der Waals surface area contributed by atoms with Gasteiger partial charge in [-0.15, -0.1) is 0 Å². The fraction of sp³-hybridized carbons (Fsp3) is 0.310. The highest BCUT2D eigenvalue weighted by Gasteiger charge is 2.21. The van der Waals surface area contributed by atoms with E-state index >= 15 is 0 Å². The zero-order chi connectivity index (χ0) is 24.9. The Bertz CT molecular complexity index is 1080. The molecule has 184 valence electrons. The average molecular weight is 474 g/mol. The highest BCUT2D eigenvalue weighted by Crippen LogP contribution is 2.12. The van der Waals surface area contributed by atoms with E-state index in [0.717, 1.165) is 16.8 Å². The number of benzene rings is 2. The molecule has 0 unspecified atom stereocenters. The molecule has 0 saturated heterocycles. The molecule has 1 aromatic heterocycles. The first-order valence-corrected chi connectivity index (χ1v) is 12.1. The summed E-state index contributed by atoms with van der Waals surface area (Å²) < 4.78 is 7.47. The van der Waals surface area contributed by atoms with Gasteiger partial charge in [0.25, 0.3) is 0 Å². The Morgan fingerprint density at radius 2 is 1.63 bits per heavy atom. The number of hydrogen-bond acceptors (Lipinski definition) is 3. The molecule has 0 atom stereocenters. The van der Waals surface area contributed by atoms with Crippen LogP contribution in [0.1, 0.15) is 30.2 Å². The van der Waals surface area contributed by atoms with Crippen molar-refractivity contribution >= 4 is 17.9 Å². The molecule has 0 spiro atoms. The second kappa shape index (κ2) is 13.9. The van der Waals surface area contributed by atoms with E-state index in [4.69, 9.17) is 4.74 Å². The number of carbonyl (C=O) groups excluding carboxylic acids is 2. The summed E-state index contributed by atoms with van der Waals surface area (Å²) in [6.45, 7) is 4.54. The van der Waals surface area contributed by atoms with Crippen LogP contribution in [0.4, 0.5) is 0 Å². The molecule has 0 saturated carbocycles. The monoisotopic (exact) mass is 473 g/mol. The van der Waals surface area contributed by atoms with Crippen molar-refractivity contribution in [1.82, 2.24) is 14.4 Å². The van der Waals surface area contributed by atoms with Gasteiger partial charge in [0.2, 0.25) is 11.8 Å². The smallest absolute Gasteiger partial charge is 0.247 e. The van der Waals surface area contributed by atoms with Crippen LogP contribution in [0.15, 0.2) is 85.1 Å². The first kappa shape index (κ1) is 26.0. The fourth-order valence-electron chi connectivity index (χ4n) is 3.76. The largest absolute Gasteiger partial charge is 0.382 e. The lowest BCUT2D eigenvalue weighted by Crippen LogP contribution is -2.42. The van der Waals surface area contributed by atoms with Crippen LogP contribution >= 0.6 is 0 Å². The summed E-state index contributed by atoms with van der Waals surface area (Å²) in [6, 6.07) is 23.6. The number of aryl methyl sites for hydroxylation is 1. The van der Waals surface area contributed by atoms with Crippen LogP contribution in [0.3, 0.4) is 0 Å². The van der Waals surface area contributed by atoms with Crippen LogP contribution in [-0.2, 0) is 34.5 Å². The highest BCUT2D eigenvalue weighted by atomic mass is 16.5. The van der Waals surface area contributed by atoms with Crippen molar-refractivity contribution in [2.45, 2.75) is 26.4 Å². The van der Waals surface area contributed by atoms with Crippen LogP contribution in [0, 0.1) is 0 Å². The number of amides is 2. The zero-order valence-corrected chi connectivity index (χ0v) is 20.7. The zero-order valence-electron chi connectivity index (χ0n) is 20.7. The summed E-state index contributed by atoms with van der Waals surface area (Å²) in [5.41, 5.74) is 3.02. The molecule has 35 heavy (non-hydrogen) atoms. The highest BCUT2D eigenvalue weighted by molar-refractivity contribution is 5.94. The Labute approximate surface area is 208 Å². The Balaban J connectivity index is 1.75. The van der Waals surface area contributed by atoms with Crippen molar-refractivity contribution in [2.24, 2.45) is 7.05 Å². The number of nitrogens with zero attached hydrogens (tertiary/aromatic N) is 3. The molecule has 0 aliphatic carbocycles. The molecular weight excluding hydrogens is 438 g/mol. The van der Waals surface area contributed by atoms with Crippen molar-refractivity contribution < 1.29 is 14.3 Å². The molecule has 6 heteroatoms. The van der Waals surface area contributed by atoms with Gasteiger partial charge in [0.05, 0.1) is 6.54 Å². The third-order valence-corrected chi connectivity index (χ3v) is 5.75. The predicted octanol–water partition coefficient (Wildman–Crippen LogP) is 4.52. The second-order valence-corrected chi connectivity index (χ2v) is 8.40. The van der Waals surface area contributed by atoms with Gasteiger partial charge >= 0.3 is 0 Å². The van der Waals surface area contributed by atoms with E-state index in [1.165, 1.54) is 0 Å². The van der Waals surface area contributed by atoms with Crippen molar-refractivity contribution in [3.8, 4) is 0 Å². The number of ether oxygens (including phenoxy) is 1. The molecule has 2 aromatic carbocycles. The first-order valence-electron chi connectivity index (χ1n) is 12.1. The molecule has 0 bridgehead atoms. The molecular formula is C29H35N3O3. The minimum absolute atomic E-state index is 0.0152. The maximum Gasteiger partial charge on any atom is 0.247 e. The minimum Gasteiger partial charge on any atom is -0.382 e. The topological polar surface area (TPSA) is 54.8 Å². The Hall–Kier alpha value is -3.64. The van der Waals surface area contributed by atoms with E-state index in [1.54, 1.807) is 17.1 Å². The number of hydrogen-bond donors (Lipinski definition) is 0. The third kappa shape index (κ3) is 8.58. The van der Waals surface area contributed by atoms with Crippen molar-refractivity contribution in [2.75, 3.05) is 26.3 Å². The minimum atomic E-state index is -0.183. The summed E-state index contributed by atoms with van der Waals surface area (Å²) >= 11 is 0.